The molecule has 1 aliphatic rings. The number of aliphatic hydroxyl groups excluding tert-OH is 1. The van der Waals surface area contributed by atoms with Crippen molar-refractivity contribution < 1.29 is 24.3 Å². The van der Waals surface area contributed by atoms with E-state index in [4.69, 9.17) is 9.57 Å². The van der Waals surface area contributed by atoms with Crippen molar-refractivity contribution in [2.75, 3.05) is 0 Å². The van der Waals surface area contributed by atoms with E-state index >= 15 is 0 Å². The number of nitrogens with one attached hydrogen (secondary N) is 2. The van der Waals surface area contributed by atoms with E-state index in [0.717, 1.165) is 5.06 Å². The Bertz CT molecular complexity index is 369. The predicted molar refractivity (Wildman–Crippen MR) is 74.5 cm³/mol. The zero-order valence-electron chi connectivity index (χ0n) is 13.1. The lowest BCUT2D eigenvalue weighted by atomic mass is 9.98. The molecule has 0 saturated carbocycles. The third kappa shape index (κ3) is 5.49. The Labute approximate surface area is 124 Å². The van der Waals surface area contributed by atoms with Gasteiger partial charge in [0.2, 0.25) is 6.41 Å². The zero-order chi connectivity index (χ0) is 16.2. The summed E-state index contributed by atoms with van der Waals surface area (Å²) in [7, 11) is 0. The van der Waals surface area contributed by atoms with Gasteiger partial charge in [-0.05, 0) is 33.1 Å². The number of aliphatic hydroxyl groups is 1. The van der Waals surface area contributed by atoms with Crippen molar-refractivity contribution in [1.29, 1.82) is 0 Å². The molecular weight excluding hydrogens is 278 g/mol. The third-order valence-electron chi connectivity index (χ3n) is 2.78. The van der Waals surface area contributed by atoms with Crippen LogP contribution in [0, 0.1) is 5.92 Å². The quantitative estimate of drug-likeness (QED) is 0.468. The highest BCUT2D eigenvalue weighted by molar-refractivity contribution is 5.68. The van der Waals surface area contributed by atoms with E-state index in [0.29, 0.717) is 12.8 Å². The first-order chi connectivity index (χ1) is 9.64. The molecule has 1 saturated heterocycles. The number of nitrogens with zero attached hydrogens (tertiary/aromatic N) is 1. The first kappa shape index (κ1) is 17.7. The predicted octanol–water partition coefficient (Wildman–Crippen LogP) is 0.521. The average molecular weight is 303 g/mol. The van der Waals surface area contributed by atoms with Crippen LogP contribution in [-0.2, 0) is 14.4 Å². The number of carbonyl (C=O) groups is 2. The molecule has 0 radical (unpaired) electrons. The molecule has 0 aromatic carbocycles. The van der Waals surface area contributed by atoms with Crippen LogP contribution in [-0.4, -0.2) is 46.6 Å². The number of cyclic esters (lactones) is 1. The Morgan fingerprint density at radius 2 is 2.10 bits per heavy atom. The van der Waals surface area contributed by atoms with Crippen LogP contribution >= 0.6 is 0 Å². The van der Waals surface area contributed by atoms with Gasteiger partial charge in [-0.1, -0.05) is 13.8 Å². The first-order valence-corrected chi connectivity index (χ1v) is 6.97. The second kappa shape index (κ2) is 7.06. The maximum absolute atomic E-state index is 11.3. The molecule has 0 bridgehead atoms. The molecule has 8 heteroatoms. The van der Waals surface area contributed by atoms with E-state index in [9.17, 15) is 14.7 Å². The van der Waals surface area contributed by atoms with Crippen LogP contribution in [0.15, 0.2) is 0 Å². The molecule has 21 heavy (non-hydrogen) atoms. The second-order valence-electron chi connectivity index (χ2n) is 6.45. The molecule has 0 aromatic rings. The Balaban J connectivity index is 2.86. The van der Waals surface area contributed by atoms with Crippen LogP contribution in [0.5, 0.6) is 0 Å². The summed E-state index contributed by atoms with van der Waals surface area (Å²) in [6, 6.07) is -0.646. The fourth-order valence-electron chi connectivity index (χ4n) is 2.02. The molecule has 0 aliphatic carbocycles. The minimum atomic E-state index is -1.13. The molecule has 3 unspecified atom stereocenters. The Hall–Kier alpha value is -1.38. The summed E-state index contributed by atoms with van der Waals surface area (Å²) in [6.07, 6.45) is -1.71. The maximum Gasteiger partial charge on any atom is 0.423 e. The molecule has 1 fully saturated rings. The first-order valence-electron chi connectivity index (χ1n) is 6.97. The number of hydroxylamine groups is 2. The summed E-state index contributed by atoms with van der Waals surface area (Å²) in [6.45, 7) is 9.34. The van der Waals surface area contributed by atoms with Gasteiger partial charge in [-0.3, -0.25) is 15.1 Å². The number of amides is 2. The number of ether oxygens (including phenoxy) is 1. The highest BCUT2D eigenvalue weighted by atomic mass is 16.7. The van der Waals surface area contributed by atoms with Crippen LogP contribution in [0.1, 0.15) is 41.0 Å². The molecular formula is C13H25N3O5. The SMILES string of the molecule is CC(C)CC(C(O)C1NNC(=O)O1)N(C=O)OC(C)(C)C. The highest BCUT2D eigenvalue weighted by Gasteiger charge is 2.39. The standard InChI is InChI=1S/C13H25N3O5/c1-8(2)6-9(16(7-17)21-13(3,4)5)10(18)11-14-15-12(19)20-11/h7-11,14,18H,6H2,1-5H3,(H,15,19). The van der Waals surface area contributed by atoms with E-state index in [1.165, 1.54) is 0 Å². The summed E-state index contributed by atoms with van der Waals surface area (Å²) in [5.74, 6) is 0.209. The van der Waals surface area contributed by atoms with Crippen molar-refractivity contribution in [3.63, 3.8) is 0 Å². The van der Waals surface area contributed by atoms with Crippen LogP contribution in [0.3, 0.4) is 0 Å². The van der Waals surface area contributed by atoms with Gasteiger partial charge in [-0.15, -0.1) is 0 Å². The van der Waals surface area contributed by atoms with Gasteiger partial charge in [0, 0.05) is 0 Å². The van der Waals surface area contributed by atoms with E-state index in [1.54, 1.807) is 20.8 Å². The Morgan fingerprint density at radius 3 is 2.48 bits per heavy atom. The van der Waals surface area contributed by atoms with E-state index < -0.39 is 30.1 Å². The Kier molecular flexibility index (Phi) is 5.94. The fourth-order valence-corrected chi connectivity index (χ4v) is 2.02. The summed E-state index contributed by atoms with van der Waals surface area (Å²) < 4.78 is 4.90. The van der Waals surface area contributed by atoms with E-state index in [1.807, 2.05) is 13.8 Å². The fraction of sp³-hybridized carbons (Fsp3) is 0.846. The number of hydrazine groups is 1. The molecule has 1 rings (SSSR count). The monoisotopic (exact) mass is 303 g/mol. The average Bonchev–Trinajstić information content (AvgIpc) is 2.78. The Morgan fingerprint density at radius 1 is 1.48 bits per heavy atom. The second-order valence-corrected chi connectivity index (χ2v) is 6.45. The molecule has 8 nitrogen and oxygen atoms in total. The third-order valence-corrected chi connectivity index (χ3v) is 2.78. The van der Waals surface area contributed by atoms with Crippen LogP contribution < -0.4 is 10.9 Å². The maximum atomic E-state index is 11.3. The smallest absolute Gasteiger partial charge is 0.423 e. The summed E-state index contributed by atoms with van der Waals surface area (Å²) >= 11 is 0. The lowest BCUT2D eigenvalue weighted by molar-refractivity contribution is -0.249. The van der Waals surface area contributed by atoms with Crippen molar-refractivity contribution in [2.45, 2.75) is 65.0 Å². The zero-order valence-corrected chi connectivity index (χ0v) is 13.1. The number of hydrogen-bond acceptors (Lipinski definition) is 6. The molecule has 0 aromatic heterocycles. The van der Waals surface area contributed by atoms with Crippen molar-refractivity contribution in [2.24, 2.45) is 5.92 Å². The number of rotatable bonds is 7. The van der Waals surface area contributed by atoms with E-state index in [2.05, 4.69) is 10.9 Å². The van der Waals surface area contributed by atoms with Gasteiger partial charge in [0.25, 0.3) is 0 Å². The number of hydrogen-bond donors (Lipinski definition) is 3. The molecule has 1 aliphatic heterocycles. The number of carbonyl (C=O) groups excluding carboxylic acids is 2. The van der Waals surface area contributed by atoms with Gasteiger partial charge < -0.3 is 9.84 Å². The minimum absolute atomic E-state index is 0.209. The molecule has 1 heterocycles. The molecule has 2 amide bonds. The molecule has 122 valence electrons. The van der Waals surface area contributed by atoms with Crippen molar-refractivity contribution >= 4 is 12.5 Å². The van der Waals surface area contributed by atoms with Crippen molar-refractivity contribution in [3.05, 3.63) is 0 Å². The van der Waals surface area contributed by atoms with Gasteiger partial charge in [-0.2, -0.15) is 5.43 Å². The van der Waals surface area contributed by atoms with E-state index in [-0.39, 0.29) is 5.92 Å². The lowest BCUT2D eigenvalue weighted by Crippen LogP contribution is -2.54. The van der Waals surface area contributed by atoms with Gasteiger partial charge in [0.1, 0.15) is 6.10 Å². The topological polar surface area (TPSA) is 100 Å². The molecule has 3 N–H and O–H groups in total. The van der Waals surface area contributed by atoms with Crippen molar-refractivity contribution in [3.8, 4) is 0 Å². The summed E-state index contributed by atoms with van der Waals surface area (Å²) in [5.41, 5.74) is 4.19. The lowest BCUT2D eigenvalue weighted by Gasteiger charge is -2.37. The minimum Gasteiger partial charge on any atom is -0.425 e. The van der Waals surface area contributed by atoms with Crippen LogP contribution in [0.25, 0.3) is 0 Å². The van der Waals surface area contributed by atoms with Gasteiger partial charge >= 0.3 is 6.09 Å². The van der Waals surface area contributed by atoms with Crippen LogP contribution in [0.4, 0.5) is 4.79 Å². The van der Waals surface area contributed by atoms with Crippen molar-refractivity contribution in [1.82, 2.24) is 15.9 Å². The summed E-state index contributed by atoms with van der Waals surface area (Å²) in [5, 5.41) is 11.5. The summed E-state index contributed by atoms with van der Waals surface area (Å²) in [4.78, 5) is 28.0. The highest BCUT2D eigenvalue weighted by Crippen LogP contribution is 2.21. The normalized spacial score (nSPS) is 21.7. The largest absolute Gasteiger partial charge is 0.425 e. The van der Waals surface area contributed by atoms with Gasteiger partial charge in [0.15, 0.2) is 6.23 Å². The van der Waals surface area contributed by atoms with Crippen LogP contribution in [0.2, 0.25) is 0 Å². The molecule has 3 atom stereocenters. The molecule has 0 spiro atoms. The van der Waals surface area contributed by atoms with Gasteiger partial charge in [-0.25, -0.2) is 9.86 Å². The van der Waals surface area contributed by atoms with Gasteiger partial charge in [0.05, 0.1) is 11.6 Å².